The number of nitrogens with two attached hydrogens (primary N) is 1. The summed E-state index contributed by atoms with van der Waals surface area (Å²) in [5.74, 6) is -1.55. The third-order valence-corrected chi connectivity index (χ3v) is 5.71. The first kappa shape index (κ1) is 23.0. The number of amides is 3. The molecular weight excluding hydrogens is 435 g/mol. The molecule has 1 aliphatic rings. The van der Waals surface area contributed by atoms with Crippen LogP contribution in [0.2, 0.25) is 0 Å². The number of primary amides is 1. The highest BCUT2D eigenvalue weighted by Crippen LogP contribution is 2.26. The summed E-state index contributed by atoms with van der Waals surface area (Å²) in [5.41, 5.74) is 7.49. The second-order valence-corrected chi connectivity index (χ2v) is 8.08. The van der Waals surface area contributed by atoms with E-state index in [-0.39, 0.29) is 17.0 Å². The zero-order chi connectivity index (χ0) is 24.1. The molecule has 7 nitrogen and oxygen atoms in total. The zero-order valence-electron chi connectivity index (χ0n) is 18.5. The van der Waals surface area contributed by atoms with Gasteiger partial charge in [-0.15, -0.1) is 0 Å². The Labute approximate surface area is 196 Å². The molecule has 0 bridgehead atoms. The Balaban J connectivity index is 1.56. The molecule has 0 spiro atoms. The summed E-state index contributed by atoms with van der Waals surface area (Å²) >= 11 is 0. The van der Waals surface area contributed by atoms with Crippen LogP contribution in [0.25, 0.3) is 0 Å². The summed E-state index contributed by atoms with van der Waals surface area (Å²) in [5, 5.41) is 5.81. The van der Waals surface area contributed by atoms with Crippen molar-refractivity contribution in [2.75, 3.05) is 22.1 Å². The third-order valence-electron chi connectivity index (χ3n) is 5.71. The average molecular weight is 461 g/mol. The van der Waals surface area contributed by atoms with Crippen LogP contribution in [0.15, 0.2) is 72.8 Å². The Bertz CT molecular complexity index is 1210. The predicted octanol–water partition coefficient (Wildman–Crippen LogP) is 4.23. The van der Waals surface area contributed by atoms with Crippen LogP contribution in [-0.4, -0.2) is 24.3 Å². The molecule has 1 saturated heterocycles. The van der Waals surface area contributed by atoms with Crippen LogP contribution in [0.3, 0.4) is 0 Å². The highest BCUT2D eigenvalue weighted by Gasteiger charge is 2.24. The fraction of sp³-hybridized carbons (Fsp3) is 0.192. The number of nitrogens with zero attached hydrogens (tertiary/aromatic N) is 1. The molecule has 34 heavy (non-hydrogen) atoms. The number of halogens is 1. The third kappa shape index (κ3) is 5.23. The van der Waals surface area contributed by atoms with Crippen LogP contribution < -0.4 is 21.3 Å². The topological polar surface area (TPSA) is 105 Å². The minimum absolute atomic E-state index is 0.0880. The molecule has 3 aromatic carbocycles. The van der Waals surface area contributed by atoms with Gasteiger partial charge in [0.1, 0.15) is 11.9 Å². The number of hydrogen-bond acceptors (Lipinski definition) is 4. The molecule has 174 valence electrons. The number of hydrogen-bond donors (Lipinski definition) is 3. The first-order chi connectivity index (χ1) is 16.4. The Morgan fingerprint density at radius 1 is 0.941 bits per heavy atom. The van der Waals surface area contributed by atoms with Gasteiger partial charge < -0.3 is 21.3 Å². The van der Waals surface area contributed by atoms with Crippen molar-refractivity contribution in [1.29, 1.82) is 0 Å². The SMILES string of the molecule is NC(=O)c1cccc(N[C@@H](C(=O)Nc2ccc(N3CCCCC3=O)cc2)c2ccccc2F)c1. The van der Waals surface area contributed by atoms with E-state index in [1.807, 2.05) is 0 Å². The summed E-state index contributed by atoms with van der Waals surface area (Å²) in [6.45, 7) is 0.675. The van der Waals surface area contributed by atoms with E-state index in [9.17, 15) is 18.8 Å². The molecule has 1 fully saturated rings. The van der Waals surface area contributed by atoms with E-state index in [1.54, 1.807) is 59.5 Å². The van der Waals surface area contributed by atoms with Gasteiger partial charge in [-0.25, -0.2) is 4.39 Å². The molecule has 1 heterocycles. The highest BCUT2D eigenvalue weighted by atomic mass is 19.1. The van der Waals surface area contributed by atoms with Gasteiger partial charge in [0, 0.05) is 41.2 Å². The van der Waals surface area contributed by atoms with Gasteiger partial charge in [-0.3, -0.25) is 14.4 Å². The number of carbonyl (C=O) groups is 3. The maximum absolute atomic E-state index is 14.6. The van der Waals surface area contributed by atoms with Gasteiger partial charge in [0.2, 0.25) is 11.8 Å². The Morgan fingerprint density at radius 3 is 2.41 bits per heavy atom. The van der Waals surface area contributed by atoms with E-state index < -0.39 is 23.7 Å². The molecule has 0 aliphatic carbocycles. The van der Waals surface area contributed by atoms with Crippen molar-refractivity contribution < 1.29 is 18.8 Å². The summed E-state index contributed by atoms with van der Waals surface area (Å²) in [6.07, 6.45) is 2.39. The second kappa shape index (κ2) is 10.2. The second-order valence-electron chi connectivity index (χ2n) is 8.08. The van der Waals surface area contributed by atoms with E-state index in [0.717, 1.165) is 18.5 Å². The van der Waals surface area contributed by atoms with Crippen LogP contribution in [0.1, 0.15) is 41.2 Å². The number of anilines is 3. The van der Waals surface area contributed by atoms with E-state index >= 15 is 0 Å². The van der Waals surface area contributed by atoms with Crippen LogP contribution in [-0.2, 0) is 9.59 Å². The van der Waals surface area contributed by atoms with E-state index in [0.29, 0.717) is 24.3 Å². The lowest BCUT2D eigenvalue weighted by atomic mass is 10.0. The lowest BCUT2D eigenvalue weighted by Crippen LogP contribution is -2.35. The Kier molecular flexibility index (Phi) is 6.87. The van der Waals surface area contributed by atoms with Gasteiger partial charge >= 0.3 is 0 Å². The van der Waals surface area contributed by atoms with Gasteiger partial charge in [0.25, 0.3) is 5.91 Å². The smallest absolute Gasteiger partial charge is 0.251 e. The van der Waals surface area contributed by atoms with Gasteiger partial charge in [-0.05, 0) is 61.4 Å². The normalized spacial score (nSPS) is 14.4. The van der Waals surface area contributed by atoms with Crippen molar-refractivity contribution in [1.82, 2.24) is 0 Å². The van der Waals surface area contributed by atoms with Crippen molar-refractivity contribution in [3.63, 3.8) is 0 Å². The van der Waals surface area contributed by atoms with Crippen LogP contribution >= 0.6 is 0 Å². The minimum Gasteiger partial charge on any atom is -0.370 e. The van der Waals surface area contributed by atoms with Crippen LogP contribution in [0.4, 0.5) is 21.5 Å². The fourth-order valence-electron chi connectivity index (χ4n) is 3.94. The van der Waals surface area contributed by atoms with Crippen molar-refractivity contribution in [3.8, 4) is 0 Å². The minimum atomic E-state index is -1.08. The zero-order valence-corrected chi connectivity index (χ0v) is 18.5. The quantitative estimate of drug-likeness (QED) is 0.491. The first-order valence-electron chi connectivity index (χ1n) is 11.0. The molecule has 8 heteroatoms. The highest BCUT2D eigenvalue weighted by molar-refractivity contribution is 5.99. The average Bonchev–Trinajstić information content (AvgIpc) is 2.84. The number of benzene rings is 3. The van der Waals surface area contributed by atoms with Gasteiger partial charge in [0.15, 0.2) is 0 Å². The number of rotatable bonds is 7. The molecule has 3 aromatic rings. The maximum Gasteiger partial charge on any atom is 0.251 e. The van der Waals surface area contributed by atoms with E-state index in [1.165, 1.54) is 18.2 Å². The Hall–Kier alpha value is -4.20. The molecule has 4 rings (SSSR count). The van der Waals surface area contributed by atoms with E-state index in [2.05, 4.69) is 10.6 Å². The lowest BCUT2D eigenvalue weighted by molar-refractivity contribution is -0.119. The van der Waals surface area contributed by atoms with Gasteiger partial charge in [-0.1, -0.05) is 24.3 Å². The summed E-state index contributed by atoms with van der Waals surface area (Å²) in [7, 11) is 0. The molecule has 0 radical (unpaired) electrons. The summed E-state index contributed by atoms with van der Waals surface area (Å²) < 4.78 is 14.6. The van der Waals surface area contributed by atoms with Crippen molar-refractivity contribution >= 4 is 34.8 Å². The Morgan fingerprint density at radius 2 is 1.71 bits per heavy atom. The van der Waals surface area contributed by atoms with Crippen molar-refractivity contribution in [2.24, 2.45) is 5.73 Å². The standard InChI is InChI=1S/C26H25FN4O3/c27-22-9-2-1-8-21(22)24(29-19-7-5-6-17(16-19)25(28)33)26(34)30-18-11-13-20(14-12-18)31-15-4-3-10-23(31)32/h1-2,5-9,11-14,16,24,29H,3-4,10,15H2,(H2,28,33)(H,30,34)/t24-/m1/s1. The van der Waals surface area contributed by atoms with E-state index in [4.69, 9.17) is 5.73 Å². The molecule has 0 saturated carbocycles. The monoisotopic (exact) mass is 460 g/mol. The van der Waals surface area contributed by atoms with Gasteiger partial charge in [0.05, 0.1) is 0 Å². The molecule has 0 unspecified atom stereocenters. The van der Waals surface area contributed by atoms with Crippen molar-refractivity contribution in [2.45, 2.75) is 25.3 Å². The molecule has 1 atom stereocenters. The maximum atomic E-state index is 14.6. The molecule has 0 aromatic heterocycles. The summed E-state index contributed by atoms with van der Waals surface area (Å²) in [4.78, 5) is 38.7. The first-order valence-corrected chi connectivity index (χ1v) is 11.0. The van der Waals surface area contributed by atoms with Crippen LogP contribution in [0.5, 0.6) is 0 Å². The molecular formula is C26H25FN4O3. The largest absolute Gasteiger partial charge is 0.370 e. The number of piperidine rings is 1. The number of nitrogens with one attached hydrogen (secondary N) is 2. The molecule has 1 aliphatic heterocycles. The number of carbonyl (C=O) groups excluding carboxylic acids is 3. The van der Waals surface area contributed by atoms with Gasteiger partial charge in [-0.2, -0.15) is 0 Å². The summed E-state index contributed by atoms with van der Waals surface area (Å²) in [6, 6.07) is 18.2. The fourth-order valence-corrected chi connectivity index (χ4v) is 3.94. The molecule has 3 amide bonds. The lowest BCUT2D eigenvalue weighted by Gasteiger charge is -2.27. The predicted molar refractivity (Wildman–Crippen MR) is 129 cm³/mol. The van der Waals surface area contributed by atoms with Crippen LogP contribution in [0, 0.1) is 5.82 Å². The molecule has 4 N–H and O–H groups in total. The van der Waals surface area contributed by atoms with Crippen molar-refractivity contribution in [3.05, 3.63) is 89.7 Å².